The SMILES string of the molecule is COc1cc(/C=C(\C#N)c2nc(C34CC5CC(CC(C5)C3)C4)cs2)cc2c1OCO2. The molecule has 0 spiro atoms. The van der Waals surface area contributed by atoms with Gasteiger partial charge in [0, 0.05) is 10.8 Å². The van der Waals surface area contributed by atoms with Crippen molar-refractivity contribution in [1.29, 1.82) is 5.26 Å². The van der Waals surface area contributed by atoms with E-state index in [1.165, 1.54) is 44.2 Å². The highest BCUT2D eigenvalue weighted by Gasteiger charge is 2.52. The Morgan fingerprint density at radius 1 is 1.20 bits per heavy atom. The number of benzene rings is 1. The van der Waals surface area contributed by atoms with Gasteiger partial charge in [0.2, 0.25) is 12.5 Å². The van der Waals surface area contributed by atoms with Crippen LogP contribution < -0.4 is 14.2 Å². The highest BCUT2D eigenvalue weighted by atomic mass is 32.1. The van der Waals surface area contributed by atoms with E-state index in [1.54, 1.807) is 18.4 Å². The molecule has 0 N–H and O–H groups in total. The monoisotopic (exact) mass is 420 g/mol. The van der Waals surface area contributed by atoms with Crippen molar-refractivity contribution in [3.63, 3.8) is 0 Å². The number of hydrogen-bond acceptors (Lipinski definition) is 6. The number of thiazole rings is 1. The van der Waals surface area contributed by atoms with Crippen molar-refractivity contribution >= 4 is 23.0 Å². The summed E-state index contributed by atoms with van der Waals surface area (Å²) in [6.45, 7) is 0.185. The molecule has 4 fully saturated rings. The van der Waals surface area contributed by atoms with E-state index in [1.807, 2.05) is 18.2 Å². The molecule has 30 heavy (non-hydrogen) atoms. The zero-order valence-electron chi connectivity index (χ0n) is 17.0. The van der Waals surface area contributed by atoms with Crippen LogP contribution in [0.5, 0.6) is 17.2 Å². The van der Waals surface area contributed by atoms with Crippen molar-refractivity contribution in [1.82, 2.24) is 4.98 Å². The van der Waals surface area contributed by atoms with Crippen molar-refractivity contribution in [3.8, 4) is 23.3 Å². The minimum absolute atomic E-state index is 0.185. The lowest BCUT2D eigenvalue weighted by Crippen LogP contribution is -2.48. The normalized spacial score (nSPS) is 31.1. The number of aromatic nitrogens is 1. The molecule has 0 unspecified atom stereocenters. The quantitative estimate of drug-likeness (QED) is 0.619. The van der Waals surface area contributed by atoms with Gasteiger partial charge in [-0.25, -0.2) is 4.98 Å². The zero-order chi connectivity index (χ0) is 20.3. The van der Waals surface area contributed by atoms with Crippen molar-refractivity contribution in [2.45, 2.75) is 43.9 Å². The topological polar surface area (TPSA) is 64.4 Å². The minimum Gasteiger partial charge on any atom is -0.493 e. The highest BCUT2D eigenvalue weighted by Crippen LogP contribution is 2.60. The van der Waals surface area contributed by atoms with E-state index in [-0.39, 0.29) is 12.2 Å². The first-order valence-electron chi connectivity index (χ1n) is 10.7. The smallest absolute Gasteiger partial charge is 0.231 e. The molecule has 6 heteroatoms. The van der Waals surface area contributed by atoms with E-state index in [4.69, 9.17) is 19.2 Å². The van der Waals surface area contributed by atoms with Crippen molar-refractivity contribution in [2.75, 3.05) is 13.9 Å². The van der Waals surface area contributed by atoms with Gasteiger partial charge in [0.05, 0.1) is 18.4 Å². The van der Waals surface area contributed by atoms with Crippen molar-refractivity contribution in [2.24, 2.45) is 17.8 Å². The van der Waals surface area contributed by atoms with Gasteiger partial charge in [-0.2, -0.15) is 5.26 Å². The molecule has 1 aliphatic heterocycles. The largest absolute Gasteiger partial charge is 0.493 e. The maximum atomic E-state index is 9.87. The van der Waals surface area contributed by atoms with Gasteiger partial charge in [-0.05, 0) is 80.1 Å². The number of nitriles is 1. The lowest BCUT2D eigenvalue weighted by molar-refractivity contribution is -0.00694. The maximum Gasteiger partial charge on any atom is 0.231 e. The first-order valence-corrected chi connectivity index (χ1v) is 11.6. The average molecular weight is 421 g/mol. The van der Waals surface area contributed by atoms with Gasteiger partial charge in [-0.1, -0.05) is 0 Å². The first-order chi connectivity index (χ1) is 14.7. The Kier molecular flexibility index (Phi) is 4.11. The molecule has 5 nitrogen and oxygen atoms in total. The molecule has 2 aromatic rings. The van der Waals surface area contributed by atoms with E-state index in [9.17, 15) is 5.26 Å². The molecule has 4 bridgehead atoms. The van der Waals surface area contributed by atoms with Crippen LogP contribution in [-0.4, -0.2) is 18.9 Å². The highest BCUT2D eigenvalue weighted by molar-refractivity contribution is 7.11. The molecule has 154 valence electrons. The Hall–Kier alpha value is -2.52. The second-order valence-corrected chi connectivity index (χ2v) is 10.2. The minimum atomic E-state index is 0.185. The van der Waals surface area contributed by atoms with Gasteiger partial charge in [-0.15, -0.1) is 11.3 Å². The van der Waals surface area contributed by atoms with E-state index < -0.39 is 0 Å². The predicted octanol–water partition coefficient (Wildman–Crippen LogP) is 5.41. The van der Waals surface area contributed by atoms with Crippen molar-refractivity contribution < 1.29 is 14.2 Å². The summed E-state index contributed by atoms with van der Waals surface area (Å²) >= 11 is 1.60. The fourth-order valence-corrected chi connectivity index (χ4v) is 7.52. The molecule has 7 rings (SSSR count). The van der Waals surface area contributed by atoms with Gasteiger partial charge in [0.25, 0.3) is 0 Å². The number of methoxy groups -OCH3 is 1. The Balaban J connectivity index is 1.33. The van der Waals surface area contributed by atoms with E-state index in [2.05, 4.69) is 11.4 Å². The summed E-state index contributed by atoms with van der Waals surface area (Å²) in [5.74, 6) is 4.52. The van der Waals surface area contributed by atoms with Crippen LogP contribution >= 0.6 is 11.3 Å². The Morgan fingerprint density at radius 3 is 2.60 bits per heavy atom. The van der Waals surface area contributed by atoms with Crippen LogP contribution in [0, 0.1) is 29.1 Å². The predicted molar refractivity (Wildman–Crippen MR) is 115 cm³/mol. The molecule has 2 heterocycles. The second kappa shape index (κ2) is 6.75. The van der Waals surface area contributed by atoms with Gasteiger partial charge >= 0.3 is 0 Å². The van der Waals surface area contributed by atoms with Gasteiger partial charge in [0.1, 0.15) is 11.1 Å². The zero-order valence-corrected chi connectivity index (χ0v) is 17.8. The lowest BCUT2D eigenvalue weighted by Gasteiger charge is -2.56. The summed E-state index contributed by atoms with van der Waals surface area (Å²) in [5.41, 5.74) is 2.91. The third kappa shape index (κ3) is 2.83. The molecule has 5 aliphatic rings. The van der Waals surface area contributed by atoms with Crippen LogP contribution in [0.1, 0.15) is 54.8 Å². The Bertz CT molecular complexity index is 1050. The van der Waals surface area contributed by atoms with Crippen LogP contribution in [0.2, 0.25) is 0 Å². The third-order valence-corrected chi connectivity index (χ3v) is 8.30. The van der Waals surface area contributed by atoms with Crippen LogP contribution in [0.4, 0.5) is 0 Å². The number of ether oxygens (including phenoxy) is 3. The molecule has 1 aromatic heterocycles. The molecule has 4 saturated carbocycles. The van der Waals surface area contributed by atoms with E-state index >= 15 is 0 Å². The molecule has 0 atom stereocenters. The number of fused-ring (bicyclic) bond motifs is 1. The van der Waals surface area contributed by atoms with Crippen LogP contribution in [0.15, 0.2) is 17.5 Å². The summed E-state index contributed by atoms with van der Waals surface area (Å²) < 4.78 is 16.4. The Morgan fingerprint density at radius 2 is 1.93 bits per heavy atom. The summed E-state index contributed by atoms with van der Waals surface area (Å²) in [6.07, 6.45) is 9.99. The maximum absolute atomic E-state index is 9.87. The molecular formula is C24H24N2O3S. The third-order valence-electron chi connectivity index (χ3n) is 7.43. The molecule has 0 amide bonds. The number of rotatable bonds is 4. The summed E-state index contributed by atoms with van der Waals surface area (Å²) in [4.78, 5) is 5.02. The Labute approximate surface area is 180 Å². The second-order valence-electron chi connectivity index (χ2n) is 9.36. The van der Waals surface area contributed by atoms with Gasteiger partial charge in [-0.3, -0.25) is 0 Å². The molecule has 0 radical (unpaired) electrons. The first kappa shape index (κ1) is 18.3. The fourth-order valence-electron chi connectivity index (χ4n) is 6.61. The van der Waals surface area contributed by atoms with Crippen LogP contribution in [0.3, 0.4) is 0 Å². The van der Waals surface area contributed by atoms with Crippen LogP contribution in [0.25, 0.3) is 11.6 Å². The summed E-state index contributed by atoms with van der Waals surface area (Å²) in [7, 11) is 1.61. The lowest BCUT2D eigenvalue weighted by atomic mass is 9.49. The summed E-state index contributed by atoms with van der Waals surface area (Å²) in [6, 6.07) is 6.11. The standard InChI is InChI=1S/C24H24N2O3S/c1-27-19-6-14(7-20-22(19)29-13-28-20)5-18(11-25)23-26-21(12-30-23)24-8-15-2-16(9-24)4-17(3-15)10-24/h5-7,12,15-17H,2-4,8-10,13H2,1H3/b18-5+. The van der Waals surface area contributed by atoms with Gasteiger partial charge in [0.15, 0.2) is 11.5 Å². The fraction of sp³-hybridized carbons (Fsp3) is 0.500. The molecule has 1 aromatic carbocycles. The summed E-state index contributed by atoms with van der Waals surface area (Å²) in [5, 5.41) is 12.9. The molecule has 0 saturated heterocycles. The number of nitrogens with zero attached hydrogens (tertiary/aromatic N) is 2. The van der Waals surface area contributed by atoms with E-state index in [0.717, 1.165) is 28.3 Å². The van der Waals surface area contributed by atoms with Gasteiger partial charge < -0.3 is 14.2 Å². The number of allylic oxidation sites excluding steroid dienone is 1. The van der Waals surface area contributed by atoms with E-state index in [0.29, 0.717) is 22.8 Å². The number of hydrogen-bond donors (Lipinski definition) is 0. The molecule has 4 aliphatic carbocycles. The molecular weight excluding hydrogens is 396 g/mol. The van der Waals surface area contributed by atoms with Crippen LogP contribution in [-0.2, 0) is 5.41 Å². The average Bonchev–Trinajstić information content (AvgIpc) is 3.40. The van der Waals surface area contributed by atoms with Crippen molar-refractivity contribution in [3.05, 3.63) is 33.8 Å².